The third-order valence-corrected chi connectivity index (χ3v) is 5.64. The Balaban J connectivity index is 1.80. The van der Waals surface area contributed by atoms with Crippen LogP contribution < -0.4 is 0 Å². The fraction of sp³-hybridized carbons (Fsp3) is 0.391. The van der Waals surface area contributed by atoms with Gasteiger partial charge in [-0.2, -0.15) is 0 Å². The van der Waals surface area contributed by atoms with E-state index in [-0.39, 0.29) is 11.8 Å². The van der Waals surface area contributed by atoms with Gasteiger partial charge in [0.2, 0.25) is 0 Å². The Hall–Kier alpha value is -1.86. The van der Waals surface area contributed by atoms with Gasteiger partial charge in [-0.15, -0.1) is 6.58 Å². The summed E-state index contributed by atoms with van der Waals surface area (Å²) >= 11 is 0. The van der Waals surface area contributed by atoms with Gasteiger partial charge in [-0.1, -0.05) is 79.6 Å². The lowest BCUT2D eigenvalue weighted by molar-refractivity contribution is -0.0545. The Morgan fingerprint density at radius 1 is 1.04 bits per heavy atom. The van der Waals surface area contributed by atoms with Crippen molar-refractivity contribution in [3.05, 3.63) is 84.4 Å². The van der Waals surface area contributed by atoms with Crippen molar-refractivity contribution < 1.29 is 5.11 Å². The predicted octanol–water partition coefficient (Wildman–Crippen LogP) is 5.51. The third-order valence-electron chi connectivity index (χ3n) is 5.64. The second kappa shape index (κ2) is 7.81. The smallest absolute Gasteiger partial charge is 0.0778 e. The summed E-state index contributed by atoms with van der Waals surface area (Å²) in [4.78, 5) is 0. The molecule has 0 radical (unpaired) electrons. The molecule has 0 aromatic heterocycles. The summed E-state index contributed by atoms with van der Waals surface area (Å²) in [6, 6.07) is 21.1. The summed E-state index contributed by atoms with van der Waals surface area (Å²) < 4.78 is 0. The van der Waals surface area contributed by atoms with E-state index in [9.17, 15) is 5.11 Å². The normalized spacial score (nSPS) is 25.1. The molecule has 24 heavy (non-hydrogen) atoms. The molecule has 0 amide bonds. The first-order chi connectivity index (χ1) is 11.7. The molecular formula is C23H28O. The quantitative estimate of drug-likeness (QED) is 0.696. The van der Waals surface area contributed by atoms with E-state index in [0.717, 1.165) is 32.1 Å². The minimum absolute atomic E-state index is 0.128. The molecule has 1 aliphatic carbocycles. The maximum atomic E-state index is 11.7. The van der Waals surface area contributed by atoms with Crippen LogP contribution in [-0.2, 0) is 6.42 Å². The molecule has 1 nitrogen and oxygen atoms in total. The Morgan fingerprint density at radius 3 is 2.38 bits per heavy atom. The van der Waals surface area contributed by atoms with Crippen LogP contribution in [-0.4, -0.2) is 10.7 Å². The van der Waals surface area contributed by atoms with Gasteiger partial charge in [0.1, 0.15) is 0 Å². The molecule has 3 rings (SSSR count). The summed E-state index contributed by atoms with van der Waals surface area (Å²) in [6.45, 7) is 4.06. The molecule has 1 aliphatic rings. The largest absolute Gasteiger partial charge is 0.389 e. The van der Waals surface area contributed by atoms with Crippen molar-refractivity contribution in [2.24, 2.45) is 5.92 Å². The van der Waals surface area contributed by atoms with Crippen molar-refractivity contribution in [3.63, 3.8) is 0 Å². The monoisotopic (exact) mass is 320 g/mol. The molecule has 0 aliphatic heterocycles. The zero-order chi connectivity index (χ0) is 16.8. The lowest BCUT2D eigenvalue weighted by Gasteiger charge is -2.45. The first-order valence-electron chi connectivity index (χ1n) is 9.18. The van der Waals surface area contributed by atoms with Crippen molar-refractivity contribution in [1.29, 1.82) is 0 Å². The summed E-state index contributed by atoms with van der Waals surface area (Å²) in [5.41, 5.74) is 1.93. The topological polar surface area (TPSA) is 20.2 Å². The second-order valence-electron chi connectivity index (χ2n) is 7.07. The maximum Gasteiger partial charge on any atom is 0.0778 e. The highest BCUT2D eigenvalue weighted by Gasteiger charge is 2.44. The zero-order valence-electron chi connectivity index (χ0n) is 14.4. The van der Waals surface area contributed by atoms with Crippen LogP contribution in [0.15, 0.2) is 73.3 Å². The first kappa shape index (κ1) is 17.0. The molecule has 0 bridgehead atoms. The minimum Gasteiger partial charge on any atom is -0.389 e. The van der Waals surface area contributed by atoms with Gasteiger partial charge in [0.05, 0.1) is 5.60 Å². The average molecular weight is 320 g/mol. The predicted molar refractivity (Wildman–Crippen MR) is 101 cm³/mol. The number of hydrogen-bond acceptors (Lipinski definition) is 1. The molecule has 1 N–H and O–H groups in total. The Morgan fingerprint density at radius 2 is 1.71 bits per heavy atom. The van der Waals surface area contributed by atoms with Crippen molar-refractivity contribution in [2.45, 2.75) is 50.0 Å². The highest BCUT2D eigenvalue weighted by atomic mass is 16.3. The molecule has 1 saturated carbocycles. The number of rotatable bonds is 6. The Kier molecular flexibility index (Phi) is 5.52. The fourth-order valence-electron chi connectivity index (χ4n) is 4.30. The highest BCUT2D eigenvalue weighted by molar-refractivity contribution is 5.25. The zero-order valence-corrected chi connectivity index (χ0v) is 14.4. The van der Waals surface area contributed by atoms with Gasteiger partial charge in [0.15, 0.2) is 0 Å². The summed E-state index contributed by atoms with van der Waals surface area (Å²) in [5, 5.41) is 11.7. The van der Waals surface area contributed by atoms with Crippen LogP contribution in [0.4, 0.5) is 0 Å². The second-order valence-corrected chi connectivity index (χ2v) is 7.07. The molecule has 0 heterocycles. The molecule has 3 atom stereocenters. The van der Waals surface area contributed by atoms with Gasteiger partial charge >= 0.3 is 0 Å². The van der Waals surface area contributed by atoms with Gasteiger partial charge in [-0.3, -0.25) is 0 Å². The summed E-state index contributed by atoms with van der Waals surface area (Å²) in [7, 11) is 0. The third kappa shape index (κ3) is 3.62. The van der Waals surface area contributed by atoms with E-state index in [1.807, 2.05) is 12.1 Å². The van der Waals surface area contributed by atoms with Crippen molar-refractivity contribution in [2.75, 3.05) is 0 Å². The van der Waals surface area contributed by atoms with Crippen LogP contribution in [0.5, 0.6) is 0 Å². The fourth-order valence-corrected chi connectivity index (χ4v) is 4.30. The van der Waals surface area contributed by atoms with Gasteiger partial charge in [-0.05, 0) is 36.8 Å². The molecule has 0 unspecified atom stereocenters. The van der Waals surface area contributed by atoms with Crippen LogP contribution >= 0.6 is 0 Å². The van der Waals surface area contributed by atoms with E-state index in [1.54, 1.807) is 0 Å². The van der Waals surface area contributed by atoms with E-state index in [1.165, 1.54) is 17.5 Å². The minimum atomic E-state index is -0.671. The van der Waals surface area contributed by atoms with Gasteiger partial charge < -0.3 is 5.11 Å². The molecular weight excluding hydrogens is 292 g/mol. The number of benzene rings is 2. The Labute approximate surface area is 146 Å². The molecule has 126 valence electrons. The summed E-state index contributed by atoms with van der Waals surface area (Å²) in [5.74, 6) is 0.342. The number of aryl methyl sites for hydroxylation is 1. The van der Waals surface area contributed by atoms with Gasteiger partial charge in [0, 0.05) is 11.8 Å². The van der Waals surface area contributed by atoms with Crippen LogP contribution in [0.2, 0.25) is 0 Å². The molecule has 0 saturated heterocycles. The maximum absolute atomic E-state index is 11.7. The van der Waals surface area contributed by atoms with E-state index in [0.29, 0.717) is 0 Å². The molecule has 0 spiro atoms. The van der Waals surface area contributed by atoms with Gasteiger partial charge in [-0.25, -0.2) is 0 Å². The van der Waals surface area contributed by atoms with E-state index >= 15 is 0 Å². The van der Waals surface area contributed by atoms with E-state index < -0.39 is 5.60 Å². The lowest BCUT2D eigenvalue weighted by atomic mass is 9.65. The summed E-state index contributed by atoms with van der Waals surface area (Å²) in [6.07, 6.45) is 8.17. The SMILES string of the molecule is C=C[C@@H](CCc1ccccc1)[C@]1(O)CCCC[C@H]1c1ccccc1. The number of hydrogen-bond donors (Lipinski definition) is 1. The van der Waals surface area contributed by atoms with E-state index in [2.05, 4.69) is 61.2 Å². The van der Waals surface area contributed by atoms with Crippen molar-refractivity contribution in [3.8, 4) is 0 Å². The number of aliphatic hydroxyl groups is 1. The first-order valence-corrected chi connectivity index (χ1v) is 9.18. The van der Waals surface area contributed by atoms with Crippen LogP contribution in [0.3, 0.4) is 0 Å². The van der Waals surface area contributed by atoms with Crippen LogP contribution in [0.25, 0.3) is 0 Å². The van der Waals surface area contributed by atoms with E-state index in [4.69, 9.17) is 0 Å². The van der Waals surface area contributed by atoms with Gasteiger partial charge in [0.25, 0.3) is 0 Å². The molecule has 2 aromatic rings. The average Bonchev–Trinajstić information content (AvgIpc) is 2.64. The van der Waals surface area contributed by atoms with Crippen molar-refractivity contribution >= 4 is 0 Å². The highest BCUT2D eigenvalue weighted by Crippen LogP contribution is 2.46. The van der Waals surface area contributed by atoms with Crippen LogP contribution in [0.1, 0.15) is 49.1 Å². The molecule has 1 heteroatoms. The Bertz CT molecular complexity index is 634. The van der Waals surface area contributed by atoms with Crippen LogP contribution in [0, 0.1) is 5.92 Å². The standard InChI is InChI=1S/C23H28O/c1-2-21(17-16-19-11-5-3-6-12-19)23(24)18-10-9-15-22(23)20-13-7-4-8-14-20/h2-8,11-14,21-22,24H,1,9-10,15-18H2/t21-,22-,23+/m0/s1. The molecule has 2 aromatic carbocycles. The molecule has 1 fully saturated rings. The lowest BCUT2D eigenvalue weighted by Crippen LogP contribution is -2.45. The van der Waals surface area contributed by atoms with Crippen molar-refractivity contribution in [1.82, 2.24) is 0 Å².